The van der Waals surface area contributed by atoms with E-state index in [9.17, 15) is 9.18 Å². The van der Waals surface area contributed by atoms with Gasteiger partial charge in [-0.2, -0.15) is 0 Å². The molecule has 0 radical (unpaired) electrons. The molecule has 4 heterocycles. The van der Waals surface area contributed by atoms with Crippen LogP contribution in [0.3, 0.4) is 0 Å². The van der Waals surface area contributed by atoms with Gasteiger partial charge in [0.2, 0.25) is 11.9 Å². The summed E-state index contributed by atoms with van der Waals surface area (Å²) in [7, 11) is 0. The van der Waals surface area contributed by atoms with Gasteiger partial charge in [-0.25, -0.2) is 19.3 Å². The van der Waals surface area contributed by atoms with E-state index in [4.69, 9.17) is 10.7 Å². The van der Waals surface area contributed by atoms with Gasteiger partial charge >= 0.3 is 0 Å². The summed E-state index contributed by atoms with van der Waals surface area (Å²) in [5.41, 5.74) is 11.3. The van der Waals surface area contributed by atoms with Crippen LogP contribution in [0, 0.1) is 5.82 Å². The summed E-state index contributed by atoms with van der Waals surface area (Å²) in [6, 6.07) is 16.5. The van der Waals surface area contributed by atoms with E-state index < -0.39 is 5.82 Å². The lowest BCUT2D eigenvalue weighted by atomic mass is 9.96. The minimum Gasteiger partial charge on any atom is -0.369 e. The van der Waals surface area contributed by atoms with Gasteiger partial charge in [0.05, 0.1) is 12.1 Å². The molecule has 1 amide bonds. The van der Waals surface area contributed by atoms with Crippen molar-refractivity contribution in [2.75, 3.05) is 17.6 Å². The average molecular weight is 482 g/mol. The van der Waals surface area contributed by atoms with Crippen molar-refractivity contribution in [3.63, 3.8) is 0 Å². The van der Waals surface area contributed by atoms with Crippen LogP contribution in [0.1, 0.15) is 22.4 Å². The Labute approximate surface area is 206 Å². The van der Waals surface area contributed by atoms with E-state index >= 15 is 0 Å². The first kappa shape index (κ1) is 22.1. The van der Waals surface area contributed by atoms with E-state index in [0.29, 0.717) is 29.8 Å². The fourth-order valence-corrected chi connectivity index (χ4v) is 4.80. The SMILES string of the molecule is Nc1nc2c(F)cccc2c2nc(CN3CCc4cc(CC(=O)Nc5ccccn5)ccc4C3)cn12. The lowest BCUT2D eigenvalue weighted by Gasteiger charge is -2.28. The second-order valence-electron chi connectivity index (χ2n) is 9.04. The van der Waals surface area contributed by atoms with Crippen LogP contribution in [0.2, 0.25) is 0 Å². The van der Waals surface area contributed by atoms with Crippen molar-refractivity contribution in [1.29, 1.82) is 0 Å². The van der Waals surface area contributed by atoms with Gasteiger partial charge in [-0.3, -0.25) is 14.1 Å². The number of nitrogen functional groups attached to an aromatic ring is 1. The summed E-state index contributed by atoms with van der Waals surface area (Å²) in [4.78, 5) is 27.8. The van der Waals surface area contributed by atoms with Crippen LogP contribution in [0.5, 0.6) is 0 Å². The summed E-state index contributed by atoms with van der Waals surface area (Å²) in [5, 5.41) is 3.47. The maximum atomic E-state index is 14.2. The first-order valence-corrected chi connectivity index (χ1v) is 11.8. The van der Waals surface area contributed by atoms with Crippen LogP contribution in [0.15, 0.2) is 67.0 Å². The number of rotatable bonds is 5. The Bertz CT molecular complexity index is 1600. The number of carbonyl (C=O) groups is 1. The number of fused-ring (bicyclic) bond motifs is 4. The zero-order valence-electron chi connectivity index (χ0n) is 19.5. The molecule has 3 N–H and O–H groups in total. The van der Waals surface area contributed by atoms with Gasteiger partial charge in [0.25, 0.3) is 0 Å². The molecule has 0 atom stereocenters. The second-order valence-corrected chi connectivity index (χ2v) is 9.04. The fourth-order valence-electron chi connectivity index (χ4n) is 4.80. The molecule has 36 heavy (non-hydrogen) atoms. The lowest BCUT2D eigenvalue weighted by Crippen LogP contribution is -2.30. The highest BCUT2D eigenvalue weighted by atomic mass is 19.1. The molecule has 8 nitrogen and oxygen atoms in total. The number of pyridine rings is 1. The monoisotopic (exact) mass is 481 g/mol. The topological polar surface area (TPSA) is 101 Å². The van der Waals surface area contributed by atoms with Crippen molar-refractivity contribution in [2.24, 2.45) is 0 Å². The highest BCUT2D eigenvalue weighted by Crippen LogP contribution is 2.25. The third-order valence-electron chi connectivity index (χ3n) is 6.50. The number of halogens is 1. The van der Waals surface area contributed by atoms with Crippen LogP contribution in [-0.2, 0) is 30.7 Å². The number of anilines is 2. The summed E-state index contributed by atoms with van der Waals surface area (Å²) < 4.78 is 15.9. The molecule has 1 aliphatic rings. The smallest absolute Gasteiger partial charge is 0.229 e. The van der Waals surface area contributed by atoms with Gasteiger partial charge in [0, 0.05) is 37.4 Å². The van der Waals surface area contributed by atoms with Gasteiger partial charge in [-0.1, -0.05) is 30.3 Å². The predicted octanol–water partition coefficient (Wildman–Crippen LogP) is 3.74. The van der Waals surface area contributed by atoms with Gasteiger partial charge in [-0.05, 0) is 47.4 Å². The first-order chi connectivity index (χ1) is 17.5. The number of aromatic nitrogens is 4. The number of para-hydroxylation sites is 1. The van der Waals surface area contributed by atoms with Crippen LogP contribution >= 0.6 is 0 Å². The Morgan fingerprint density at radius 3 is 2.86 bits per heavy atom. The van der Waals surface area contributed by atoms with Crippen molar-refractivity contribution >= 4 is 34.2 Å². The van der Waals surface area contributed by atoms with E-state index in [2.05, 4.69) is 32.3 Å². The van der Waals surface area contributed by atoms with Crippen LogP contribution < -0.4 is 11.1 Å². The maximum absolute atomic E-state index is 14.2. The molecule has 2 aromatic carbocycles. The minimum atomic E-state index is -0.410. The molecule has 0 unspecified atom stereocenters. The third-order valence-corrected chi connectivity index (χ3v) is 6.50. The molecule has 5 aromatic rings. The Hall–Kier alpha value is -4.37. The molecular formula is C27H24FN7O. The lowest BCUT2D eigenvalue weighted by molar-refractivity contribution is -0.115. The summed E-state index contributed by atoms with van der Waals surface area (Å²) in [6.07, 6.45) is 4.72. The zero-order chi connectivity index (χ0) is 24.6. The molecular weight excluding hydrogens is 457 g/mol. The standard InChI is InChI=1S/C27H24FN7O/c28-22-5-3-4-21-25(22)33-27(29)35-16-20(31-26(21)35)15-34-11-9-18-12-17(7-8-19(18)14-34)13-24(36)32-23-6-1-2-10-30-23/h1-8,10,12,16H,9,11,13-15H2,(H2,29,33)(H,30,32,36). The Kier molecular flexibility index (Phi) is 5.54. The summed E-state index contributed by atoms with van der Waals surface area (Å²) in [5.74, 6) is 0.273. The Morgan fingerprint density at radius 2 is 2.00 bits per heavy atom. The van der Waals surface area contributed by atoms with Crippen molar-refractivity contribution in [1.82, 2.24) is 24.3 Å². The van der Waals surface area contributed by atoms with Crippen molar-refractivity contribution in [3.05, 3.63) is 95.2 Å². The van der Waals surface area contributed by atoms with Gasteiger partial charge in [-0.15, -0.1) is 0 Å². The highest BCUT2D eigenvalue weighted by molar-refractivity contribution is 5.93. The molecule has 3 aromatic heterocycles. The molecule has 1 aliphatic heterocycles. The number of carbonyl (C=O) groups excluding carboxylic acids is 1. The summed E-state index contributed by atoms with van der Waals surface area (Å²) >= 11 is 0. The van der Waals surface area contributed by atoms with Crippen LogP contribution in [0.4, 0.5) is 16.2 Å². The van der Waals surface area contributed by atoms with Crippen LogP contribution in [-0.4, -0.2) is 36.7 Å². The van der Waals surface area contributed by atoms with E-state index in [1.165, 1.54) is 17.2 Å². The Balaban J connectivity index is 1.16. The Morgan fingerprint density at radius 1 is 1.08 bits per heavy atom. The fraction of sp³-hybridized carbons (Fsp3) is 0.185. The zero-order valence-corrected chi connectivity index (χ0v) is 19.5. The number of nitrogens with two attached hydrogens (primary N) is 1. The number of nitrogens with one attached hydrogen (secondary N) is 1. The molecule has 0 aliphatic carbocycles. The number of amides is 1. The highest BCUT2D eigenvalue weighted by Gasteiger charge is 2.20. The number of hydrogen-bond donors (Lipinski definition) is 2. The molecule has 0 fully saturated rings. The minimum absolute atomic E-state index is 0.0842. The van der Waals surface area contributed by atoms with Crippen LogP contribution in [0.25, 0.3) is 16.6 Å². The number of nitrogens with zero attached hydrogens (tertiary/aromatic N) is 5. The van der Waals surface area contributed by atoms with E-state index in [-0.39, 0.29) is 17.4 Å². The van der Waals surface area contributed by atoms with Gasteiger partial charge < -0.3 is 11.1 Å². The van der Waals surface area contributed by atoms with Crippen molar-refractivity contribution in [2.45, 2.75) is 25.9 Å². The number of benzene rings is 2. The van der Waals surface area contributed by atoms with E-state index in [1.807, 2.05) is 30.5 Å². The number of imidazole rings is 1. The normalized spacial score (nSPS) is 13.7. The second kappa shape index (κ2) is 9.01. The van der Waals surface area contributed by atoms with Crippen molar-refractivity contribution in [3.8, 4) is 0 Å². The molecule has 0 spiro atoms. The molecule has 0 bridgehead atoms. The first-order valence-electron chi connectivity index (χ1n) is 11.8. The summed E-state index contributed by atoms with van der Waals surface area (Å²) in [6.45, 7) is 2.30. The average Bonchev–Trinajstić information content (AvgIpc) is 3.30. The molecule has 180 valence electrons. The van der Waals surface area contributed by atoms with Crippen molar-refractivity contribution < 1.29 is 9.18 Å². The van der Waals surface area contributed by atoms with Gasteiger partial charge in [0.1, 0.15) is 22.8 Å². The molecule has 6 rings (SSSR count). The molecule has 0 saturated heterocycles. The predicted molar refractivity (Wildman–Crippen MR) is 136 cm³/mol. The van der Waals surface area contributed by atoms with Gasteiger partial charge in [0.15, 0.2) is 0 Å². The number of hydrogen-bond acceptors (Lipinski definition) is 6. The quantitative estimate of drug-likeness (QED) is 0.397. The molecule has 9 heteroatoms. The largest absolute Gasteiger partial charge is 0.369 e. The maximum Gasteiger partial charge on any atom is 0.229 e. The van der Waals surface area contributed by atoms with E-state index in [1.54, 1.807) is 22.7 Å². The third kappa shape index (κ3) is 4.25. The molecule has 0 saturated carbocycles. The van der Waals surface area contributed by atoms with E-state index in [0.717, 1.165) is 30.8 Å².